The minimum absolute atomic E-state index is 0.122. The number of carbonyl (C=O) groups is 1. The van der Waals surface area contributed by atoms with Gasteiger partial charge in [0.1, 0.15) is 11.6 Å². The number of hydrogen-bond donors (Lipinski definition) is 1. The molecule has 0 saturated carbocycles. The van der Waals surface area contributed by atoms with Gasteiger partial charge in [0.25, 0.3) is 0 Å². The highest BCUT2D eigenvalue weighted by Gasteiger charge is 2.25. The molecule has 1 amide bonds. The lowest BCUT2D eigenvalue weighted by Crippen LogP contribution is -2.46. The Bertz CT molecular complexity index is 761. The molecule has 3 rings (SSSR count). The number of likely N-dealkylation sites (tertiary alicyclic amines) is 1. The summed E-state index contributed by atoms with van der Waals surface area (Å²) in [7, 11) is 2.09. The second-order valence-corrected chi connectivity index (χ2v) is 7.10. The number of halogens is 2. The average Bonchev–Trinajstić information content (AvgIpc) is 2.66. The molecule has 0 unspecified atom stereocenters. The third kappa shape index (κ3) is 5.58. The summed E-state index contributed by atoms with van der Waals surface area (Å²) in [5.41, 5.74) is 1.00. The molecule has 144 valence electrons. The molecule has 6 heteroatoms. The lowest BCUT2D eigenvalue weighted by atomic mass is 10.0. The molecule has 2 aromatic rings. The van der Waals surface area contributed by atoms with Crippen molar-refractivity contribution in [3.8, 4) is 0 Å². The molecule has 1 fully saturated rings. The first-order chi connectivity index (χ1) is 13.0. The van der Waals surface area contributed by atoms with E-state index in [4.69, 9.17) is 0 Å². The summed E-state index contributed by atoms with van der Waals surface area (Å²) in [5.74, 6) is -1.56. The molecule has 1 heterocycles. The lowest BCUT2D eigenvalue weighted by molar-refractivity contribution is -0.118. The first-order valence-corrected chi connectivity index (χ1v) is 9.22. The molecule has 1 saturated heterocycles. The summed E-state index contributed by atoms with van der Waals surface area (Å²) in [6.07, 6.45) is 1.95. The van der Waals surface area contributed by atoms with Crippen LogP contribution < -0.4 is 5.32 Å². The van der Waals surface area contributed by atoms with Gasteiger partial charge in [-0.15, -0.1) is 0 Å². The molecule has 0 atom stereocenters. The van der Waals surface area contributed by atoms with Gasteiger partial charge in [0.05, 0.1) is 12.2 Å². The lowest BCUT2D eigenvalue weighted by Gasteiger charge is -2.37. The van der Waals surface area contributed by atoms with Crippen LogP contribution in [0.1, 0.15) is 18.4 Å². The van der Waals surface area contributed by atoms with E-state index in [1.165, 1.54) is 0 Å². The number of nitrogens with zero attached hydrogens (tertiary/aromatic N) is 2. The standard InChI is InChI=1S/C21H25F2N3O/c1-25-11-9-18(10-12-25)26(14-16-5-3-2-4-6-16)15-21(27)24-20-13-17(22)7-8-19(20)23/h2-8,13,18H,9-12,14-15H2,1H3,(H,24,27). The van der Waals surface area contributed by atoms with Crippen molar-refractivity contribution in [2.75, 3.05) is 32.0 Å². The number of rotatable bonds is 6. The molecular formula is C21H25F2N3O. The highest BCUT2D eigenvalue weighted by atomic mass is 19.1. The van der Waals surface area contributed by atoms with Crippen molar-refractivity contribution in [3.63, 3.8) is 0 Å². The Labute approximate surface area is 158 Å². The summed E-state index contributed by atoms with van der Waals surface area (Å²) in [5, 5.41) is 2.51. The van der Waals surface area contributed by atoms with Crippen LogP contribution in [0.2, 0.25) is 0 Å². The Hall–Kier alpha value is -2.31. The first-order valence-electron chi connectivity index (χ1n) is 9.22. The van der Waals surface area contributed by atoms with Crippen LogP contribution >= 0.6 is 0 Å². The van der Waals surface area contributed by atoms with Crippen molar-refractivity contribution >= 4 is 11.6 Å². The highest BCUT2D eigenvalue weighted by Crippen LogP contribution is 2.19. The van der Waals surface area contributed by atoms with E-state index < -0.39 is 11.6 Å². The van der Waals surface area contributed by atoms with Crippen molar-refractivity contribution in [1.82, 2.24) is 9.80 Å². The zero-order chi connectivity index (χ0) is 19.2. The zero-order valence-corrected chi connectivity index (χ0v) is 15.5. The topological polar surface area (TPSA) is 35.6 Å². The van der Waals surface area contributed by atoms with Crippen LogP contribution in [0.3, 0.4) is 0 Å². The van der Waals surface area contributed by atoms with E-state index in [2.05, 4.69) is 22.2 Å². The summed E-state index contributed by atoms with van der Waals surface area (Å²) < 4.78 is 27.2. The molecule has 1 aliphatic rings. The third-order valence-corrected chi connectivity index (χ3v) is 4.98. The van der Waals surface area contributed by atoms with Crippen LogP contribution in [0.4, 0.5) is 14.5 Å². The molecule has 0 aromatic heterocycles. The van der Waals surface area contributed by atoms with Crippen molar-refractivity contribution in [2.45, 2.75) is 25.4 Å². The normalized spacial score (nSPS) is 15.9. The molecule has 4 nitrogen and oxygen atoms in total. The Morgan fingerprint density at radius 1 is 1.15 bits per heavy atom. The van der Waals surface area contributed by atoms with E-state index in [1.54, 1.807) is 0 Å². The van der Waals surface area contributed by atoms with Crippen molar-refractivity contribution < 1.29 is 13.6 Å². The minimum atomic E-state index is -0.640. The Balaban J connectivity index is 1.69. The molecule has 27 heavy (non-hydrogen) atoms. The summed E-state index contributed by atoms with van der Waals surface area (Å²) in [4.78, 5) is 16.9. The third-order valence-electron chi connectivity index (χ3n) is 4.98. The van der Waals surface area contributed by atoms with Gasteiger partial charge in [0, 0.05) is 18.7 Å². The van der Waals surface area contributed by atoms with Gasteiger partial charge < -0.3 is 10.2 Å². The smallest absolute Gasteiger partial charge is 0.238 e. The van der Waals surface area contributed by atoms with E-state index in [1.807, 2.05) is 30.3 Å². The molecule has 2 aromatic carbocycles. The van der Waals surface area contributed by atoms with Crippen LogP contribution in [0.5, 0.6) is 0 Å². The predicted molar refractivity (Wildman–Crippen MR) is 102 cm³/mol. The maximum atomic E-state index is 13.8. The van der Waals surface area contributed by atoms with Crippen LogP contribution in [-0.2, 0) is 11.3 Å². The monoisotopic (exact) mass is 373 g/mol. The first kappa shape index (κ1) is 19.5. The van der Waals surface area contributed by atoms with E-state index in [9.17, 15) is 13.6 Å². The van der Waals surface area contributed by atoms with Gasteiger partial charge in [-0.05, 0) is 50.7 Å². The molecule has 0 spiro atoms. The van der Waals surface area contributed by atoms with Crippen molar-refractivity contribution in [3.05, 3.63) is 65.7 Å². The fraction of sp³-hybridized carbons (Fsp3) is 0.381. The zero-order valence-electron chi connectivity index (χ0n) is 15.5. The summed E-state index contributed by atoms with van der Waals surface area (Å²) in [6, 6.07) is 13.3. The molecule has 1 aliphatic heterocycles. The minimum Gasteiger partial charge on any atom is -0.322 e. The quantitative estimate of drug-likeness (QED) is 0.842. The second kappa shape index (κ2) is 9.06. The number of carbonyl (C=O) groups excluding carboxylic acids is 1. The fourth-order valence-electron chi connectivity index (χ4n) is 3.46. The maximum Gasteiger partial charge on any atom is 0.238 e. The predicted octanol–water partition coefficient (Wildman–Crippen LogP) is 3.50. The highest BCUT2D eigenvalue weighted by molar-refractivity contribution is 5.92. The maximum absolute atomic E-state index is 13.8. The van der Waals surface area contributed by atoms with Gasteiger partial charge in [-0.25, -0.2) is 8.78 Å². The molecule has 0 radical (unpaired) electrons. The Kier molecular flexibility index (Phi) is 6.53. The van der Waals surface area contributed by atoms with Gasteiger partial charge in [0.2, 0.25) is 5.91 Å². The van der Waals surface area contributed by atoms with Crippen molar-refractivity contribution in [1.29, 1.82) is 0 Å². The van der Waals surface area contributed by atoms with E-state index in [-0.39, 0.29) is 24.2 Å². The van der Waals surface area contributed by atoms with E-state index in [0.717, 1.165) is 49.7 Å². The summed E-state index contributed by atoms with van der Waals surface area (Å²) in [6.45, 7) is 2.75. The SMILES string of the molecule is CN1CCC(N(CC(=O)Nc2cc(F)ccc2F)Cc2ccccc2)CC1. The molecule has 0 bridgehead atoms. The van der Waals surface area contributed by atoms with Gasteiger partial charge in [-0.1, -0.05) is 30.3 Å². The molecule has 0 aliphatic carbocycles. The Morgan fingerprint density at radius 3 is 2.56 bits per heavy atom. The fourth-order valence-corrected chi connectivity index (χ4v) is 3.46. The van der Waals surface area contributed by atoms with E-state index in [0.29, 0.717) is 6.54 Å². The molecular weight excluding hydrogens is 348 g/mol. The van der Waals surface area contributed by atoms with Gasteiger partial charge in [0.15, 0.2) is 0 Å². The molecule has 1 N–H and O–H groups in total. The largest absolute Gasteiger partial charge is 0.322 e. The van der Waals surface area contributed by atoms with Crippen LogP contribution in [0.15, 0.2) is 48.5 Å². The van der Waals surface area contributed by atoms with Crippen LogP contribution in [-0.4, -0.2) is 48.4 Å². The number of hydrogen-bond acceptors (Lipinski definition) is 3. The van der Waals surface area contributed by atoms with Crippen molar-refractivity contribution in [2.24, 2.45) is 0 Å². The number of piperidine rings is 1. The average molecular weight is 373 g/mol. The number of benzene rings is 2. The second-order valence-electron chi connectivity index (χ2n) is 7.10. The van der Waals surface area contributed by atoms with E-state index >= 15 is 0 Å². The van der Waals surface area contributed by atoms with Gasteiger partial charge in [-0.3, -0.25) is 9.69 Å². The number of anilines is 1. The Morgan fingerprint density at radius 2 is 1.85 bits per heavy atom. The van der Waals surface area contributed by atoms with Crippen LogP contribution in [0.25, 0.3) is 0 Å². The van der Waals surface area contributed by atoms with Crippen LogP contribution in [0, 0.1) is 11.6 Å². The summed E-state index contributed by atoms with van der Waals surface area (Å²) >= 11 is 0. The number of amides is 1. The number of nitrogens with one attached hydrogen (secondary N) is 1. The van der Waals surface area contributed by atoms with Gasteiger partial charge in [-0.2, -0.15) is 0 Å². The van der Waals surface area contributed by atoms with Gasteiger partial charge >= 0.3 is 0 Å².